The topological polar surface area (TPSA) is 68.5 Å². The van der Waals surface area contributed by atoms with Gasteiger partial charge in [-0.2, -0.15) is 13.2 Å². The minimum atomic E-state index is -4.54. The molecule has 1 N–H and O–H groups in total. The van der Waals surface area contributed by atoms with E-state index in [1.54, 1.807) is 0 Å². The monoisotopic (exact) mass is 405 g/mol. The standard InChI is InChI=1S/C15H11BrF3NO4/c16-12-6-5-11(24-12)14(22)20-7-13(21)23-8-9-3-1-2-4-10(9)15(17,18)19/h1-6H,7-8H2,(H,20,22). The largest absolute Gasteiger partial charge is 0.459 e. The van der Waals surface area contributed by atoms with E-state index in [0.717, 1.165) is 6.07 Å². The number of carbonyl (C=O) groups excluding carboxylic acids is 2. The van der Waals surface area contributed by atoms with Crippen LogP contribution in [0.5, 0.6) is 0 Å². The Kier molecular flexibility index (Phi) is 5.66. The molecule has 0 radical (unpaired) electrons. The highest BCUT2D eigenvalue weighted by atomic mass is 79.9. The van der Waals surface area contributed by atoms with E-state index in [9.17, 15) is 22.8 Å². The van der Waals surface area contributed by atoms with Gasteiger partial charge >= 0.3 is 12.1 Å². The van der Waals surface area contributed by atoms with Gasteiger partial charge in [-0.05, 0) is 34.1 Å². The highest BCUT2D eigenvalue weighted by molar-refractivity contribution is 9.10. The number of furan rings is 1. The molecular formula is C15H11BrF3NO4. The van der Waals surface area contributed by atoms with Crippen LogP contribution in [-0.2, 0) is 22.3 Å². The highest BCUT2D eigenvalue weighted by Gasteiger charge is 2.33. The summed E-state index contributed by atoms with van der Waals surface area (Å²) in [4.78, 5) is 23.2. The lowest BCUT2D eigenvalue weighted by molar-refractivity contribution is -0.146. The summed E-state index contributed by atoms with van der Waals surface area (Å²) < 4.78 is 48.5. The Morgan fingerprint density at radius 3 is 2.50 bits per heavy atom. The molecule has 1 aromatic heterocycles. The average molecular weight is 406 g/mol. The second-order valence-electron chi connectivity index (χ2n) is 4.60. The number of hydrogen-bond donors (Lipinski definition) is 1. The lowest BCUT2D eigenvalue weighted by atomic mass is 10.1. The van der Waals surface area contributed by atoms with Crippen molar-refractivity contribution in [2.24, 2.45) is 0 Å². The fraction of sp³-hybridized carbons (Fsp3) is 0.200. The maximum atomic E-state index is 12.8. The van der Waals surface area contributed by atoms with Gasteiger partial charge in [0.25, 0.3) is 5.91 Å². The molecule has 9 heteroatoms. The average Bonchev–Trinajstić information content (AvgIpc) is 2.96. The molecule has 24 heavy (non-hydrogen) atoms. The molecule has 0 spiro atoms. The molecule has 128 valence electrons. The van der Waals surface area contributed by atoms with E-state index >= 15 is 0 Å². The number of carbonyl (C=O) groups is 2. The Labute approximate surface area is 142 Å². The summed E-state index contributed by atoms with van der Waals surface area (Å²) in [6.45, 7) is -1.04. The number of amides is 1. The van der Waals surface area contributed by atoms with Crippen LogP contribution in [0.3, 0.4) is 0 Å². The second kappa shape index (κ2) is 7.52. The second-order valence-corrected chi connectivity index (χ2v) is 5.38. The third kappa shape index (κ3) is 4.85. The van der Waals surface area contributed by atoms with Crippen molar-refractivity contribution < 1.29 is 31.9 Å². The first-order chi connectivity index (χ1) is 11.3. The molecule has 0 aliphatic rings. The molecule has 1 amide bonds. The van der Waals surface area contributed by atoms with Crippen molar-refractivity contribution in [1.29, 1.82) is 0 Å². The van der Waals surface area contributed by atoms with E-state index in [4.69, 9.17) is 9.15 Å². The van der Waals surface area contributed by atoms with E-state index in [1.807, 2.05) is 0 Å². The van der Waals surface area contributed by atoms with Gasteiger partial charge in [0.1, 0.15) is 13.2 Å². The van der Waals surface area contributed by atoms with Gasteiger partial charge in [0.2, 0.25) is 0 Å². The quantitative estimate of drug-likeness (QED) is 0.772. The fourth-order valence-corrected chi connectivity index (χ4v) is 2.11. The maximum absolute atomic E-state index is 12.8. The third-order valence-electron chi connectivity index (χ3n) is 2.90. The molecule has 0 aliphatic carbocycles. The summed E-state index contributed by atoms with van der Waals surface area (Å²) in [6.07, 6.45) is -4.54. The van der Waals surface area contributed by atoms with Gasteiger partial charge < -0.3 is 14.5 Å². The Morgan fingerprint density at radius 1 is 1.17 bits per heavy atom. The molecule has 0 bridgehead atoms. The van der Waals surface area contributed by atoms with Crippen molar-refractivity contribution >= 4 is 27.8 Å². The number of hydrogen-bond acceptors (Lipinski definition) is 4. The van der Waals surface area contributed by atoms with E-state index < -0.39 is 36.8 Å². The zero-order valence-electron chi connectivity index (χ0n) is 12.0. The zero-order chi connectivity index (χ0) is 17.7. The SMILES string of the molecule is O=C(CNC(=O)c1ccc(Br)o1)OCc1ccccc1C(F)(F)F. The minimum absolute atomic E-state index is 0.0166. The number of benzene rings is 1. The van der Waals surface area contributed by atoms with Crippen LogP contribution in [0.2, 0.25) is 0 Å². The fourth-order valence-electron chi connectivity index (χ4n) is 1.81. The third-order valence-corrected chi connectivity index (χ3v) is 3.33. The molecular weight excluding hydrogens is 395 g/mol. The molecule has 1 aromatic carbocycles. The zero-order valence-corrected chi connectivity index (χ0v) is 13.6. The van der Waals surface area contributed by atoms with Crippen LogP contribution in [0.1, 0.15) is 21.7 Å². The van der Waals surface area contributed by atoms with Crippen LogP contribution in [0, 0.1) is 0 Å². The van der Waals surface area contributed by atoms with Crippen LogP contribution >= 0.6 is 15.9 Å². The molecule has 0 unspecified atom stereocenters. The maximum Gasteiger partial charge on any atom is 0.416 e. The Hall–Kier alpha value is -2.29. The van der Waals surface area contributed by atoms with Crippen molar-refractivity contribution in [3.05, 3.63) is 58.0 Å². The van der Waals surface area contributed by atoms with Gasteiger partial charge in [-0.25, -0.2) is 0 Å². The van der Waals surface area contributed by atoms with E-state index in [1.165, 1.54) is 30.3 Å². The molecule has 2 aromatic rings. The lowest BCUT2D eigenvalue weighted by Crippen LogP contribution is -2.30. The Balaban J connectivity index is 1.87. The van der Waals surface area contributed by atoms with Gasteiger partial charge in [0.05, 0.1) is 5.56 Å². The molecule has 1 heterocycles. The number of ether oxygens (including phenoxy) is 1. The van der Waals surface area contributed by atoms with Crippen LogP contribution < -0.4 is 5.32 Å². The Morgan fingerprint density at radius 2 is 1.88 bits per heavy atom. The molecule has 0 fully saturated rings. The van der Waals surface area contributed by atoms with Crippen LogP contribution in [-0.4, -0.2) is 18.4 Å². The van der Waals surface area contributed by atoms with E-state index in [2.05, 4.69) is 21.2 Å². The van der Waals surface area contributed by atoms with Gasteiger partial charge in [-0.3, -0.25) is 9.59 Å². The first-order valence-electron chi connectivity index (χ1n) is 6.61. The minimum Gasteiger partial charge on any atom is -0.459 e. The summed E-state index contributed by atoms with van der Waals surface area (Å²) in [6, 6.07) is 7.67. The molecule has 0 saturated heterocycles. The molecule has 5 nitrogen and oxygen atoms in total. The number of alkyl halides is 3. The van der Waals surface area contributed by atoms with Gasteiger partial charge in [-0.1, -0.05) is 18.2 Å². The first kappa shape index (κ1) is 18.1. The van der Waals surface area contributed by atoms with Crippen LogP contribution in [0.4, 0.5) is 13.2 Å². The number of esters is 1. The van der Waals surface area contributed by atoms with Gasteiger partial charge in [0.15, 0.2) is 10.4 Å². The normalized spacial score (nSPS) is 11.2. The molecule has 0 atom stereocenters. The van der Waals surface area contributed by atoms with Crippen LogP contribution in [0.25, 0.3) is 0 Å². The number of halogens is 4. The summed E-state index contributed by atoms with van der Waals surface area (Å²) >= 11 is 3.02. The van der Waals surface area contributed by atoms with Gasteiger partial charge in [0, 0.05) is 5.56 Å². The van der Waals surface area contributed by atoms with Crippen molar-refractivity contribution in [2.75, 3.05) is 6.54 Å². The number of nitrogens with one attached hydrogen (secondary N) is 1. The Bertz CT molecular complexity index is 742. The van der Waals surface area contributed by atoms with Gasteiger partial charge in [-0.15, -0.1) is 0 Å². The summed E-state index contributed by atoms with van der Waals surface area (Å²) in [5, 5.41) is 2.24. The van der Waals surface area contributed by atoms with Crippen molar-refractivity contribution in [3.63, 3.8) is 0 Å². The molecule has 0 aliphatic heterocycles. The predicted molar refractivity (Wildman–Crippen MR) is 80.0 cm³/mol. The molecule has 2 rings (SSSR count). The lowest BCUT2D eigenvalue weighted by Gasteiger charge is -2.12. The summed E-state index contributed by atoms with van der Waals surface area (Å²) in [5.41, 5.74) is -1.04. The van der Waals surface area contributed by atoms with Crippen molar-refractivity contribution in [3.8, 4) is 0 Å². The van der Waals surface area contributed by atoms with Crippen molar-refractivity contribution in [1.82, 2.24) is 5.32 Å². The van der Waals surface area contributed by atoms with E-state index in [0.29, 0.717) is 4.67 Å². The van der Waals surface area contributed by atoms with E-state index in [-0.39, 0.29) is 11.3 Å². The first-order valence-corrected chi connectivity index (χ1v) is 7.41. The summed E-state index contributed by atoms with van der Waals surface area (Å²) in [7, 11) is 0. The highest BCUT2D eigenvalue weighted by Crippen LogP contribution is 2.32. The number of rotatable bonds is 5. The predicted octanol–water partition coefficient (Wildman–Crippen LogP) is 3.53. The smallest absolute Gasteiger partial charge is 0.416 e. The van der Waals surface area contributed by atoms with Crippen LogP contribution in [0.15, 0.2) is 45.5 Å². The van der Waals surface area contributed by atoms with Crippen molar-refractivity contribution in [2.45, 2.75) is 12.8 Å². The summed E-state index contributed by atoms with van der Waals surface area (Å²) in [5.74, 6) is -1.53. The molecule has 0 saturated carbocycles.